The lowest BCUT2D eigenvalue weighted by Crippen LogP contribution is -2.38. The number of allylic oxidation sites excluding steroid dienone is 2. The first kappa shape index (κ1) is 20.3. The average molecular weight is 398 g/mol. The van der Waals surface area contributed by atoms with Crippen LogP contribution in [-0.4, -0.2) is 26.0 Å². The lowest BCUT2D eigenvalue weighted by molar-refractivity contribution is -0.0000220. The number of benzene rings is 2. The molecule has 4 nitrogen and oxygen atoms in total. The Morgan fingerprint density at radius 3 is 1.96 bits per heavy atom. The van der Waals surface area contributed by atoms with E-state index in [0.29, 0.717) is 4.90 Å². The van der Waals surface area contributed by atoms with Gasteiger partial charge in [-0.05, 0) is 63.5 Å². The van der Waals surface area contributed by atoms with Crippen LogP contribution >= 0.6 is 0 Å². The summed E-state index contributed by atoms with van der Waals surface area (Å²) in [5.41, 5.74) is 4.44. The van der Waals surface area contributed by atoms with Crippen LogP contribution in [0.2, 0.25) is 0 Å². The van der Waals surface area contributed by atoms with Crippen molar-refractivity contribution in [3.63, 3.8) is 0 Å². The standard InChI is InChI=1S/C23H27NO3S/c1-22(2,3)27-24-21-19(16-12-14-18(15-13-16)28(6,25)26)20(23(21,4)5)17-10-8-7-9-11-17/h7-15H,1-6H3. The Hall–Kier alpha value is -2.40. The first-order valence-corrected chi connectivity index (χ1v) is 11.2. The molecule has 148 valence electrons. The molecular weight excluding hydrogens is 370 g/mol. The summed E-state index contributed by atoms with van der Waals surface area (Å²) in [6.07, 6.45) is 1.22. The second-order valence-electron chi connectivity index (χ2n) is 8.68. The van der Waals surface area contributed by atoms with Crippen molar-refractivity contribution in [3.05, 3.63) is 65.7 Å². The lowest BCUT2D eigenvalue weighted by Gasteiger charge is -2.42. The number of rotatable bonds is 4. The molecule has 0 N–H and O–H groups in total. The summed E-state index contributed by atoms with van der Waals surface area (Å²) < 4.78 is 23.6. The second-order valence-corrected chi connectivity index (χ2v) is 10.7. The molecule has 5 heteroatoms. The molecule has 0 saturated carbocycles. The Morgan fingerprint density at radius 1 is 0.893 bits per heavy atom. The minimum absolute atomic E-state index is 0.280. The van der Waals surface area contributed by atoms with E-state index in [-0.39, 0.29) is 5.41 Å². The van der Waals surface area contributed by atoms with Gasteiger partial charge in [0.2, 0.25) is 0 Å². The van der Waals surface area contributed by atoms with Crippen LogP contribution in [0.15, 0.2) is 64.6 Å². The van der Waals surface area contributed by atoms with E-state index in [1.807, 2.05) is 51.1 Å². The minimum Gasteiger partial charge on any atom is -0.390 e. The van der Waals surface area contributed by atoms with Crippen LogP contribution in [0, 0.1) is 5.41 Å². The Kier molecular flexibility index (Phi) is 5.00. The van der Waals surface area contributed by atoms with Gasteiger partial charge < -0.3 is 4.84 Å². The topological polar surface area (TPSA) is 55.7 Å². The van der Waals surface area contributed by atoms with Crippen LogP contribution in [0.1, 0.15) is 45.7 Å². The Balaban J connectivity index is 2.17. The second kappa shape index (κ2) is 6.89. The van der Waals surface area contributed by atoms with E-state index < -0.39 is 15.4 Å². The van der Waals surface area contributed by atoms with E-state index in [1.54, 1.807) is 12.1 Å². The van der Waals surface area contributed by atoms with Gasteiger partial charge in [-0.25, -0.2) is 8.42 Å². The number of nitrogens with zero attached hydrogens (tertiary/aromatic N) is 1. The summed E-state index contributed by atoms with van der Waals surface area (Å²) in [5.74, 6) is 0. The molecule has 1 aliphatic rings. The molecule has 2 aromatic carbocycles. The van der Waals surface area contributed by atoms with E-state index in [2.05, 4.69) is 31.1 Å². The highest BCUT2D eigenvalue weighted by atomic mass is 32.2. The fraction of sp³-hybridized carbons (Fsp3) is 0.348. The molecule has 0 spiro atoms. The fourth-order valence-electron chi connectivity index (χ4n) is 3.40. The van der Waals surface area contributed by atoms with E-state index in [1.165, 1.54) is 11.8 Å². The minimum atomic E-state index is -3.24. The molecule has 0 aromatic heterocycles. The molecule has 3 rings (SSSR count). The predicted octanol–water partition coefficient (Wildman–Crippen LogP) is 5.21. The molecule has 1 aliphatic carbocycles. The van der Waals surface area contributed by atoms with Crippen molar-refractivity contribution in [2.75, 3.05) is 6.26 Å². The highest BCUT2D eigenvalue weighted by Crippen LogP contribution is 2.53. The van der Waals surface area contributed by atoms with E-state index in [4.69, 9.17) is 4.84 Å². The molecule has 28 heavy (non-hydrogen) atoms. The summed E-state index contributed by atoms with van der Waals surface area (Å²) in [6, 6.07) is 17.2. The van der Waals surface area contributed by atoms with Gasteiger partial charge in [-0.2, -0.15) is 0 Å². The van der Waals surface area contributed by atoms with Crippen molar-refractivity contribution in [1.29, 1.82) is 0 Å². The third-order valence-corrected chi connectivity index (χ3v) is 5.88. The Morgan fingerprint density at radius 2 is 1.46 bits per heavy atom. The summed E-state index contributed by atoms with van der Waals surface area (Å²) in [4.78, 5) is 6.05. The maximum absolute atomic E-state index is 11.8. The largest absolute Gasteiger partial charge is 0.390 e. The third kappa shape index (κ3) is 3.90. The molecule has 0 aliphatic heterocycles. The molecule has 0 bridgehead atoms. The molecule has 0 radical (unpaired) electrons. The number of hydrogen-bond donors (Lipinski definition) is 0. The summed E-state index contributed by atoms with van der Waals surface area (Å²) in [5, 5.41) is 4.50. The number of hydrogen-bond acceptors (Lipinski definition) is 4. The zero-order valence-electron chi connectivity index (χ0n) is 17.3. The van der Waals surface area contributed by atoms with Crippen molar-refractivity contribution in [2.45, 2.75) is 45.1 Å². The number of oxime groups is 1. The normalized spacial score (nSPS) is 18.1. The number of sulfone groups is 1. The van der Waals surface area contributed by atoms with Gasteiger partial charge in [0.25, 0.3) is 0 Å². The van der Waals surface area contributed by atoms with Crippen LogP contribution < -0.4 is 0 Å². The molecule has 0 saturated heterocycles. The van der Waals surface area contributed by atoms with Gasteiger partial charge in [-0.3, -0.25) is 0 Å². The molecule has 0 fully saturated rings. The van der Waals surface area contributed by atoms with E-state index >= 15 is 0 Å². The van der Waals surface area contributed by atoms with Crippen LogP contribution in [-0.2, 0) is 14.7 Å². The molecule has 0 unspecified atom stereocenters. The van der Waals surface area contributed by atoms with Crippen molar-refractivity contribution in [1.82, 2.24) is 0 Å². The van der Waals surface area contributed by atoms with Crippen LogP contribution in [0.4, 0.5) is 0 Å². The monoisotopic (exact) mass is 397 g/mol. The van der Waals surface area contributed by atoms with E-state index in [9.17, 15) is 8.42 Å². The first-order chi connectivity index (χ1) is 12.9. The van der Waals surface area contributed by atoms with E-state index in [0.717, 1.165) is 22.4 Å². The van der Waals surface area contributed by atoms with Crippen LogP contribution in [0.25, 0.3) is 11.1 Å². The quantitative estimate of drug-likeness (QED) is 0.665. The highest BCUT2D eigenvalue weighted by molar-refractivity contribution is 7.90. The molecule has 2 aromatic rings. The van der Waals surface area contributed by atoms with Gasteiger partial charge in [-0.1, -0.05) is 47.6 Å². The van der Waals surface area contributed by atoms with Crippen molar-refractivity contribution in [3.8, 4) is 0 Å². The summed E-state index contributed by atoms with van der Waals surface area (Å²) >= 11 is 0. The lowest BCUT2D eigenvalue weighted by atomic mass is 9.60. The Labute approximate surface area is 167 Å². The zero-order chi connectivity index (χ0) is 20.7. The average Bonchev–Trinajstić information content (AvgIpc) is 2.59. The fourth-order valence-corrected chi connectivity index (χ4v) is 4.03. The predicted molar refractivity (Wildman–Crippen MR) is 115 cm³/mol. The van der Waals surface area contributed by atoms with Gasteiger partial charge in [0.05, 0.1) is 10.6 Å². The molecule has 0 heterocycles. The smallest absolute Gasteiger partial charge is 0.175 e. The SMILES string of the molecule is CC(C)(C)ON=C1C(c2ccc(S(C)(=O)=O)cc2)=C(c2ccccc2)C1(C)C. The molecular formula is C23H27NO3S. The van der Waals surface area contributed by atoms with Crippen molar-refractivity contribution < 1.29 is 13.3 Å². The van der Waals surface area contributed by atoms with Gasteiger partial charge in [0, 0.05) is 17.2 Å². The zero-order valence-corrected chi connectivity index (χ0v) is 18.1. The van der Waals surface area contributed by atoms with Crippen LogP contribution in [0.3, 0.4) is 0 Å². The third-order valence-electron chi connectivity index (χ3n) is 4.75. The van der Waals surface area contributed by atoms with Crippen molar-refractivity contribution in [2.24, 2.45) is 10.6 Å². The Bertz CT molecular complexity index is 1040. The van der Waals surface area contributed by atoms with Gasteiger partial charge in [0.1, 0.15) is 5.60 Å². The van der Waals surface area contributed by atoms with Gasteiger partial charge in [-0.15, -0.1) is 0 Å². The summed E-state index contributed by atoms with van der Waals surface area (Å²) in [7, 11) is -3.24. The molecule has 0 atom stereocenters. The highest BCUT2D eigenvalue weighted by Gasteiger charge is 2.46. The maximum Gasteiger partial charge on any atom is 0.175 e. The van der Waals surface area contributed by atoms with Gasteiger partial charge in [0.15, 0.2) is 9.84 Å². The maximum atomic E-state index is 11.8. The van der Waals surface area contributed by atoms with Gasteiger partial charge >= 0.3 is 0 Å². The molecule has 0 amide bonds. The first-order valence-electron chi connectivity index (χ1n) is 9.29. The summed E-state index contributed by atoms with van der Waals surface area (Å²) in [6.45, 7) is 10.2. The van der Waals surface area contributed by atoms with Crippen LogP contribution in [0.5, 0.6) is 0 Å². The van der Waals surface area contributed by atoms with Crippen molar-refractivity contribution >= 4 is 26.7 Å².